The Balaban J connectivity index is 1.94. The van der Waals surface area contributed by atoms with Gasteiger partial charge in [0, 0.05) is 39.0 Å². The minimum Gasteiger partial charge on any atom is -0.469 e. The number of imidazole rings is 1. The smallest absolute Gasteiger partial charge is 0.309 e. The van der Waals surface area contributed by atoms with Crippen molar-refractivity contribution in [1.29, 1.82) is 0 Å². The lowest BCUT2D eigenvalue weighted by molar-refractivity contribution is -0.311. The van der Waals surface area contributed by atoms with Gasteiger partial charge in [-0.1, -0.05) is 25.0 Å². The number of nitrogens with zero attached hydrogens (tertiary/aromatic N) is 2. The lowest BCUT2D eigenvalue weighted by atomic mass is 9.59. The first-order valence-electron chi connectivity index (χ1n) is 11.1. The number of hydrogen-bond acceptors (Lipinski definition) is 9. The molecule has 0 aliphatic heterocycles. The zero-order chi connectivity index (χ0) is 24.0. The molecule has 0 radical (unpaired) electrons. The minimum atomic E-state index is -1.29. The molecule has 3 aliphatic carbocycles. The van der Waals surface area contributed by atoms with Crippen LogP contribution in [-0.2, 0) is 33.3 Å². The number of ether oxygens (including phenoxy) is 5. The summed E-state index contributed by atoms with van der Waals surface area (Å²) in [5.74, 6) is -3.15. The van der Waals surface area contributed by atoms with Gasteiger partial charge >= 0.3 is 11.9 Å². The second-order valence-corrected chi connectivity index (χ2v) is 8.58. The molecule has 33 heavy (non-hydrogen) atoms. The number of hydrogen-bond donors (Lipinski definition) is 0. The van der Waals surface area contributed by atoms with Gasteiger partial charge in [0.25, 0.3) is 5.17 Å². The van der Waals surface area contributed by atoms with E-state index in [4.69, 9.17) is 35.9 Å². The van der Waals surface area contributed by atoms with E-state index >= 15 is 0 Å². The van der Waals surface area contributed by atoms with Gasteiger partial charge in [-0.2, -0.15) is 0 Å². The van der Waals surface area contributed by atoms with Gasteiger partial charge in [0.15, 0.2) is 6.10 Å². The fourth-order valence-electron chi connectivity index (χ4n) is 4.88. The highest BCUT2D eigenvalue weighted by molar-refractivity contribution is 7.80. The highest BCUT2D eigenvalue weighted by Gasteiger charge is 2.63. The Labute approximate surface area is 199 Å². The molecule has 4 atom stereocenters. The van der Waals surface area contributed by atoms with Crippen molar-refractivity contribution in [2.75, 3.05) is 27.9 Å². The molecule has 0 aromatic carbocycles. The van der Waals surface area contributed by atoms with Crippen molar-refractivity contribution in [2.24, 2.45) is 17.8 Å². The number of methoxy groups -OCH3 is 3. The van der Waals surface area contributed by atoms with E-state index in [1.807, 2.05) is 6.92 Å². The van der Waals surface area contributed by atoms with Crippen molar-refractivity contribution in [3.63, 3.8) is 0 Å². The summed E-state index contributed by atoms with van der Waals surface area (Å²) in [6.45, 7) is 2.40. The molecule has 1 heterocycles. The van der Waals surface area contributed by atoms with Crippen LogP contribution in [-0.4, -0.2) is 66.5 Å². The molecule has 1 saturated carbocycles. The summed E-state index contributed by atoms with van der Waals surface area (Å²) < 4.78 is 30.1. The summed E-state index contributed by atoms with van der Waals surface area (Å²) in [6, 6.07) is 0. The van der Waals surface area contributed by atoms with Crippen molar-refractivity contribution in [1.82, 2.24) is 9.55 Å². The van der Waals surface area contributed by atoms with Gasteiger partial charge in [0.1, 0.15) is 6.33 Å². The lowest BCUT2D eigenvalue weighted by Gasteiger charge is -2.55. The van der Waals surface area contributed by atoms with Crippen LogP contribution >= 0.6 is 12.2 Å². The number of rotatable bonds is 10. The molecule has 0 N–H and O–H groups in total. The third-order valence-electron chi connectivity index (χ3n) is 6.45. The largest absolute Gasteiger partial charge is 0.469 e. The van der Waals surface area contributed by atoms with Crippen molar-refractivity contribution in [2.45, 2.75) is 50.9 Å². The normalized spacial score (nSPS) is 25.3. The topological polar surface area (TPSA) is 98.1 Å². The molecule has 182 valence electrons. The van der Waals surface area contributed by atoms with E-state index in [0.717, 1.165) is 18.4 Å². The lowest BCUT2D eigenvalue weighted by Crippen LogP contribution is -2.65. The van der Waals surface area contributed by atoms with Gasteiger partial charge in [0.05, 0.1) is 25.6 Å². The Morgan fingerprint density at radius 2 is 2.03 bits per heavy atom. The Bertz CT molecular complexity index is 866. The van der Waals surface area contributed by atoms with Crippen LogP contribution in [0.3, 0.4) is 0 Å². The molecule has 1 fully saturated rings. The average Bonchev–Trinajstić information content (AvgIpc) is 3.38. The molecule has 1 aromatic heterocycles. The second kappa shape index (κ2) is 11.2. The molecule has 4 rings (SSSR count). The minimum absolute atomic E-state index is 0.186. The first kappa shape index (κ1) is 25.3. The molecular weight excluding hydrogens is 448 g/mol. The van der Waals surface area contributed by atoms with Crippen LogP contribution in [0.25, 0.3) is 0 Å². The third-order valence-corrected chi connectivity index (χ3v) is 6.75. The summed E-state index contributed by atoms with van der Waals surface area (Å²) in [6.07, 6.45) is 9.13. The average molecular weight is 481 g/mol. The van der Waals surface area contributed by atoms with Crippen LogP contribution < -0.4 is 0 Å². The molecule has 4 unspecified atom stereocenters. The summed E-state index contributed by atoms with van der Waals surface area (Å²) >= 11 is 5.47. The van der Waals surface area contributed by atoms with Gasteiger partial charge in [-0.05, 0) is 31.5 Å². The number of thiocarbonyl (C=S) groups is 1. The number of unbranched alkanes of at least 4 members (excludes halogenated alkanes) is 1. The maximum absolute atomic E-state index is 13.1. The fourth-order valence-corrected chi connectivity index (χ4v) is 5.09. The number of carbonyl (C=O) groups excluding carboxylic acids is 2. The van der Waals surface area contributed by atoms with Crippen LogP contribution in [0.1, 0.15) is 39.0 Å². The molecule has 2 bridgehead atoms. The highest BCUT2D eigenvalue weighted by Crippen LogP contribution is 2.54. The molecule has 0 spiro atoms. The zero-order valence-electron chi connectivity index (χ0n) is 19.5. The number of fused-ring (bicyclic) bond motifs is 2. The maximum atomic E-state index is 13.1. The second-order valence-electron chi connectivity index (χ2n) is 8.23. The van der Waals surface area contributed by atoms with E-state index in [1.54, 1.807) is 23.3 Å². The molecule has 3 aliphatic rings. The van der Waals surface area contributed by atoms with Gasteiger partial charge in [0.2, 0.25) is 5.79 Å². The molecule has 1 aromatic rings. The van der Waals surface area contributed by atoms with Gasteiger partial charge in [-0.25, -0.2) is 4.98 Å². The molecular formula is C23H32N2O7S. The Hall–Kier alpha value is -2.30. The Morgan fingerprint density at radius 3 is 2.64 bits per heavy atom. The summed E-state index contributed by atoms with van der Waals surface area (Å²) in [5.41, 5.74) is 0.895. The van der Waals surface area contributed by atoms with Gasteiger partial charge < -0.3 is 23.7 Å². The van der Waals surface area contributed by atoms with E-state index in [-0.39, 0.29) is 29.5 Å². The summed E-state index contributed by atoms with van der Waals surface area (Å²) in [5, 5.41) is 0.204. The van der Waals surface area contributed by atoms with Crippen molar-refractivity contribution < 1.29 is 33.3 Å². The van der Waals surface area contributed by atoms with E-state index in [1.165, 1.54) is 21.3 Å². The van der Waals surface area contributed by atoms with Crippen molar-refractivity contribution in [3.8, 4) is 0 Å². The van der Waals surface area contributed by atoms with E-state index in [0.29, 0.717) is 19.4 Å². The first-order valence-corrected chi connectivity index (χ1v) is 11.6. The summed E-state index contributed by atoms with van der Waals surface area (Å²) in [7, 11) is 4.41. The quantitative estimate of drug-likeness (QED) is 0.165. The molecule has 0 amide bonds. The zero-order valence-corrected chi connectivity index (χ0v) is 20.3. The van der Waals surface area contributed by atoms with E-state index in [2.05, 4.69) is 11.1 Å². The number of carbonyl (C=O) groups is 2. The van der Waals surface area contributed by atoms with Crippen LogP contribution in [0.2, 0.25) is 0 Å². The highest BCUT2D eigenvalue weighted by atomic mass is 32.1. The van der Waals surface area contributed by atoms with E-state index in [9.17, 15) is 9.59 Å². The number of aromatic nitrogens is 2. The monoisotopic (exact) mass is 480 g/mol. The Kier molecular flexibility index (Phi) is 8.61. The SMILES string of the molecule is CCCCOC(=O)C1CC2C=C(CCC(=O)OC)C1C(OC)(OC)C2OC(=S)n1ccnc1. The standard InChI is InChI=1S/C23H32N2O7S/c1-5-6-11-31-21(27)17-13-16-12-15(7-8-18(26)28-2)19(17)23(29-3,30-4)20(16)32-22(33)25-10-9-24-14-25/h9-10,12,14,16-17,19-20H,5-8,11,13H2,1-4H3. The predicted octanol–water partition coefficient (Wildman–Crippen LogP) is 2.88. The van der Waals surface area contributed by atoms with E-state index < -0.39 is 23.7 Å². The summed E-state index contributed by atoms with van der Waals surface area (Å²) in [4.78, 5) is 29.0. The maximum Gasteiger partial charge on any atom is 0.309 e. The first-order chi connectivity index (χ1) is 15.9. The van der Waals surface area contributed by atoms with Crippen molar-refractivity contribution in [3.05, 3.63) is 30.4 Å². The van der Waals surface area contributed by atoms with Crippen LogP contribution in [0.15, 0.2) is 30.4 Å². The van der Waals surface area contributed by atoms with Gasteiger partial charge in [-0.3, -0.25) is 14.2 Å². The van der Waals surface area contributed by atoms with Crippen LogP contribution in [0, 0.1) is 17.8 Å². The molecule has 0 saturated heterocycles. The van der Waals surface area contributed by atoms with Gasteiger partial charge in [-0.15, -0.1) is 0 Å². The molecule has 10 heteroatoms. The Morgan fingerprint density at radius 1 is 1.27 bits per heavy atom. The molecule has 9 nitrogen and oxygen atoms in total. The van der Waals surface area contributed by atoms with Crippen LogP contribution in [0.5, 0.6) is 0 Å². The fraction of sp³-hybridized carbons (Fsp3) is 0.652. The van der Waals surface area contributed by atoms with Crippen molar-refractivity contribution >= 4 is 29.3 Å². The predicted molar refractivity (Wildman–Crippen MR) is 122 cm³/mol. The third kappa shape index (κ3) is 5.12. The van der Waals surface area contributed by atoms with Crippen LogP contribution in [0.4, 0.5) is 0 Å². The number of esters is 2.